The Bertz CT molecular complexity index is 787. The maximum absolute atomic E-state index is 12.8. The third kappa shape index (κ3) is 3.65. The Morgan fingerprint density at radius 1 is 1.15 bits per heavy atom. The van der Waals surface area contributed by atoms with Crippen molar-refractivity contribution < 1.29 is 9.21 Å². The Kier molecular flexibility index (Phi) is 5.28. The molecule has 1 amide bonds. The zero-order chi connectivity index (χ0) is 18.1. The van der Waals surface area contributed by atoms with E-state index in [0.29, 0.717) is 12.5 Å². The van der Waals surface area contributed by atoms with Crippen molar-refractivity contribution >= 4 is 28.6 Å². The highest BCUT2D eigenvalue weighted by Crippen LogP contribution is 2.27. The van der Waals surface area contributed by atoms with Crippen LogP contribution in [-0.2, 0) is 11.2 Å². The molecule has 2 saturated heterocycles. The predicted molar refractivity (Wildman–Crippen MR) is 108 cm³/mol. The van der Waals surface area contributed by atoms with Gasteiger partial charge in [0.15, 0.2) is 0 Å². The minimum absolute atomic E-state index is 0.236. The number of nitrogens with zero attached hydrogens (tertiary/aromatic N) is 2. The number of benzene rings is 1. The van der Waals surface area contributed by atoms with E-state index in [4.69, 9.17) is 4.42 Å². The molecule has 2 aliphatic rings. The number of likely N-dealkylation sites (tertiary alicyclic amines) is 1. The van der Waals surface area contributed by atoms with Crippen molar-refractivity contribution in [2.75, 3.05) is 37.7 Å². The van der Waals surface area contributed by atoms with Gasteiger partial charge in [0.2, 0.25) is 5.91 Å². The first kappa shape index (κ1) is 17.9. The lowest BCUT2D eigenvalue weighted by molar-refractivity contribution is -0.132. The molecule has 0 spiro atoms. The lowest BCUT2D eigenvalue weighted by Crippen LogP contribution is -2.49. The summed E-state index contributed by atoms with van der Waals surface area (Å²) >= 11 is 2.06. The second kappa shape index (κ2) is 7.65. The smallest absolute Gasteiger partial charge is 0.227 e. The van der Waals surface area contributed by atoms with Gasteiger partial charge in [0.25, 0.3) is 0 Å². The normalized spacial score (nSPS) is 20.0. The molecule has 4 rings (SSSR count). The molecule has 4 nitrogen and oxygen atoms in total. The maximum atomic E-state index is 12.8. The Morgan fingerprint density at radius 3 is 2.62 bits per heavy atom. The molecule has 2 fully saturated rings. The number of carbonyl (C=O) groups is 1. The number of hydrogen-bond acceptors (Lipinski definition) is 4. The fourth-order valence-corrected chi connectivity index (χ4v) is 5.39. The van der Waals surface area contributed by atoms with E-state index in [1.54, 1.807) is 6.26 Å². The number of thioether (sulfide) groups is 1. The molecule has 0 radical (unpaired) electrons. The van der Waals surface area contributed by atoms with Crippen LogP contribution in [0.3, 0.4) is 0 Å². The van der Waals surface area contributed by atoms with E-state index in [1.165, 1.54) is 35.7 Å². The molecule has 0 bridgehead atoms. The maximum Gasteiger partial charge on any atom is 0.227 e. The summed E-state index contributed by atoms with van der Waals surface area (Å²) in [4.78, 5) is 17.5. The summed E-state index contributed by atoms with van der Waals surface area (Å²) in [6, 6.07) is 4.88. The minimum Gasteiger partial charge on any atom is -0.464 e. The van der Waals surface area contributed by atoms with Crippen molar-refractivity contribution in [3.63, 3.8) is 0 Å². The average Bonchev–Trinajstić information content (AvgIpc) is 3.05. The van der Waals surface area contributed by atoms with Crippen LogP contribution < -0.4 is 0 Å². The molecule has 0 saturated carbocycles. The highest BCUT2D eigenvalue weighted by atomic mass is 32.2. The van der Waals surface area contributed by atoms with Crippen LogP contribution in [0.5, 0.6) is 0 Å². The van der Waals surface area contributed by atoms with E-state index in [-0.39, 0.29) is 5.91 Å². The van der Waals surface area contributed by atoms with Gasteiger partial charge in [-0.1, -0.05) is 6.07 Å². The number of furan rings is 1. The Labute approximate surface area is 159 Å². The number of carbonyl (C=O) groups excluding carboxylic acids is 1. The van der Waals surface area contributed by atoms with Crippen molar-refractivity contribution in [2.45, 2.75) is 39.2 Å². The molecular formula is C21H28N2O2S. The van der Waals surface area contributed by atoms with Crippen molar-refractivity contribution in [3.8, 4) is 0 Å². The monoisotopic (exact) mass is 372 g/mol. The van der Waals surface area contributed by atoms with Crippen LogP contribution in [0.2, 0.25) is 0 Å². The third-order valence-corrected chi connectivity index (χ3v) is 6.76. The van der Waals surface area contributed by atoms with Crippen LogP contribution in [-0.4, -0.2) is 59.4 Å². The van der Waals surface area contributed by atoms with Crippen molar-refractivity contribution in [3.05, 3.63) is 35.1 Å². The molecule has 3 heterocycles. The molecule has 0 N–H and O–H groups in total. The minimum atomic E-state index is 0.236. The van der Waals surface area contributed by atoms with E-state index in [2.05, 4.69) is 47.5 Å². The Morgan fingerprint density at radius 2 is 1.88 bits per heavy atom. The topological polar surface area (TPSA) is 36.7 Å². The first-order valence-electron chi connectivity index (χ1n) is 9.68. The van der Waals surface area contributed by atoms with Crippen LogP contribution in [0.1, 0.15) is 29.5 Å². The van der Waals surface area contributed by atoms with Gasteiger partial charge in [0, 0.05) is 54.7 Å². The summed E-state index contributed by atoms with van der Waals surface area (Å²) in [5.41, 5.74) is 4.31. The van der Waals surface area contributed by atoms with Crippen LogP contribution in [0, 0.1) is 13.8 Å². The molecule has 2 aromatic rings. The summed E-state index contributed by atoms with van der Waals surface area (Å²) in [6.45, 7) is 8.38. The molecule has 2 aliphatic heterocycles. The van der Waals surface area contributed by atoms with Crippen LogP contribution in [0.15, 0.2) is 22.8 Å². The van der Waals surface area contributed by atoms with Gasteiger partial charge in [-0.2, -0.15) is 11.8 Å². The standard InChI is InChI=1S/C21H28N2O2S/c1-15-11-16(2)21-17(14-25-19(21)12-15)13-20(24)23-5-3-18(4-6-23)22-7-9-26-10-8-22/h11-12,14,18H,3-10,13H2,1-2H3. The van der Waals surface area contributed by atoms with Gasteiger partial charge in [0.1, 0.15) is 5.58 Å². The largest absolute Gasteiger partial charge is 0.464 e. The number of amides is 1. The summed E-state index contributed by atoms with van der Waals surface area (Å²) < 4.78 is 5.72. The SMILES string of the molecule is Cc1cc(C)c2c(CC(=O)N3CCC(N4CCSCC4)CC3)coc2c1. The fraction of sp³-hybridized carbons (Fsp3) is 0.571. The van der Waals surface area contributed by atoms with Gasteiger partial charge in [-0.25, -0.2) is 0 Å². The number of aryl methyl sites for hydroxylation is 2. The zero-order valence-electron chi connectivity index (χ0n) is 15.8. The predicted octanol–water partition coefficient (Wildman–Crippen LogP) is 3.63. The van der Waals surface area contributed by atoms with E-state index >= 15 is 0 Å². The van der Waals surface area contributed by atoms with E-state index in [0.717, 1.165) is 42.5 Å². The first-order chi connectivity index (χ1) is 12.6. The van der Waals surface area contributed by atoms with E-state index in [9.17, 15) is 4.79 Å². The number of hydrogen-bond donors (Lipinski definition) is 0. The van der Waals surface area contributed by atoms with Gasteiger partial charge in [0.05, 0.1) is 12.7 Å². The van der Waals surface area contributed by atoms with E-state index in [1.807, 2.05) is 0 Å². The van der Waals surface area contributed by atoms with Crippen molar-refractivity contribution in [1.82, 2.24) is 9.80 Å². The van der Waals surface area contributed by atoms with Crippen LogP contribution >= 0.6 is 11.8 Å². The molecule has 0 unspecified atom stereocenters. The van der Waals surface area contributed by atoms with E-state index < -0.39 is 0 Å². The average molecular weight is 373 g/mol. The first-order valence-corrected chi connectivity index (χ1v) is 10.8. The summed E-state index contributed by atoms with van der Waals surface area (Å²) in [7, 11) is 0. The molecule has 5 heteroatoms. The highest BCUT2D eigenvalue weighted by molar-refractivity contribution is 7.99. The van der Waals surface area contributed by atoms with Crippen LogP contribution in [0.4, 0.5) is 0 Å². The van der Waals surface area contributed by atoms with Gasteiger partial charge in [-0.3, -0.25) is 9.69 Å². The molecule has 0 atom stereocenters. The summed E-state index contributed by atoms with van der Waals surface area (Å²) in [5, 5.41) is 1.12. The number of fused-ring (bicyclic) bond motifs is 1. The highest BCUT2D eigenvalue weighted by Gasteiger charge is 2.28. The molecule has 1 aromatic carbocycles. The molecule has 0 aliphatic carbocycles. The Balaban J connectivity index is 1.39. The second-order valence-corrected chi connectivity index (χ2v) is 8.88. The Hall–Kier alpha value is -1.46. The summed E-state index contributed by atoms with van der Waals surface area (Å²) in [5.74, 6) is 2.75. The summed E-state index contributed by atoms with van der Waals surface area (Å²) in [6.07, 6.45) is 4.44. The second-order valence-electron chi connectivity index (χ2n) is 7.65. The van der Waals surface area contributed by atoms with Crippen molar-refractivity contribution in [2.24, 2.45) is 0 Å². The number of rotatable bonds is 3. The van der Waals surface area contributed by atoms with Gasteiger partial charge < -0.3 is 9.32 Å². The molecular weight excluding hydrogens is 344 g/mol. The lowest BCUT2D eigenvalue weighted by Gasteiger charge is -2.40. The van der Waals surface area contributed by atoms with Gasteiger partial charge in [-0.05, 0) is 43.9 Å². The zero-order valence-corrected chi connectivity index (χ0v) is 16.6. The fourth-order valence-electron chi connectivity index (χ4n) is 4.45. The van der Waals surface area contributed by atoms with Crippen molar-refractivity contribution in [1.29, 1.82) is 0 Å². The number of piperidine rings is 1. The third-order valence-electron chi connectivity index (χ3n) is 5.81. The lowest BCUT2D eigenvalue weighted by atomic mass is 10.0. The van der Waals surface area contributed by atoms with Gasteiger partial charge in [-0.15, -0.1) is 0 Å². The quantitative estimate of drug-likeness (QED) is 0.824. The van der Waals surface area contributed by atoms with Crippen LogP contribution in [0.25, 0.3) is 11.0 Å². The molecule has 26 heavy (non-hydrogen) atoms. The van der Waals surface area contributed by atoms with Gasteiger partial charge >= 0.3 is 0 Å². The molecule has 140 valence electrons. The molecule has 1 aromatic heterocycles.